The molecule has 1 aromatic carbocycles. The highest BCUT2D eigenvalue weighted by Gasteiger charge is 2.13. The molecule has 0 aromatic heterocycles. The van der Waals surface area contributed by atoms with Gasteiger partial charge in [-0.2, -0.15) is 5.10 Å². The lowest BCUT2D eigenvalue weighted by Crippen LogP contribution is -2.40. The molecule has 1 aliphatic heterocycles. The van der Waals surface area contributed by atoms with E-state index in [1.807, 2.05) is 0 Å². The van der Waals surface area contributed by atoms with E-state index in [4.69, 9.17) is 27.9 Å². The van der Waals surface area contributed by atoms with Crippen LogP contribution in [0, 0.1) is 0 Å². The lowest BCUT2D eigenvalue weighted by Gasteiger charge is -2.26. The molecule has 2 rings (SSSR count). The number of halogens is 2. The van der Waals surface area contributed by atoms with Gasteiger partial charge in [0.2, 0.25) is 0 Å². The average molecular weight is 387 g/mol. The second kappa shape index (κ2) is 10.4. The van der Waals surface area contributed by atoms with Crippen LogP contribution in [-0.2, 0) is 14.3 Å². The van der Waals surface area contributed by atoms with Gasteiger partial charge in [-0.05, 0) is 25.1 Å². The molecule has 0 radical (unpaired) electrons. The lowest BCUT2D eigenvalue weighted by atomic mass is 10.2. The molecule has 1 saturated heterocycles. The molecule has 9 heteroatoms. The number of ether oxygens (including phenoxy) is 1. The van der Waals surface area contributed by atoms with Crippen LogP contribution in [0.15, 0.2) is 23.3 Å². The zero-order valence-corrected chi connectivity index (χ0v) is 15.1. The molecule has 1 aromatic rings. The Labute approximate surface area is 156 Å². The van der Waals surface area contributed by atoms with Crippen LogP contribution < -0.4 is 10.7 Å². The minimum Gasteiger partial charge on any atom is -0.379 e. The number of rotatable bonds is 6. The molecule has 2 N–H and O–H groups in total. The predicted octanol–water partition coefficient (Wildman–Crippen LogP) is 1.28. The monoisotopic (exact) mass is 386 g/mol. The van der Waals surface area contributed by atoms with Gasteiger partial charge in [-0.25, -0.2) is 5.43 Å². The van der Waals surface area contributed by atoms with Crippen LogP contribution in [0.3, 0.4) is 0 Å². The van der Waals surface area contributed by atoms with E-state index in [-0.39, 0.29) is 0 Å². The van der Waals surface area contributed by atoms with E-state index in [1.165, 1.54) is 6.21 Å². The van der Waals surface area contributed by atoms with E-state index < -0.39 is 11.8 Å². The molecule has 0 unspecified atom stereocenters. The molecule has 1 aliphatic rings. The Balaban J connectivity index is 1.67. The normalized spacial score (nSPS) is 15.3. The summed E-state index contributed by atoms with van der Waals surface area (Å²) in [4.78, 5) is 25.6. The van der Waals surface area contributed by atoms with Crippen LogP contribution in [-0.4, -0.2) is 62.3 Å². The number of hydrazone groups is 1. The van der Waals surface area contributed by atoms with Gasteiger partial charge in [0.1, 0.15) is 0 Å². The standard InChI is InChI=1S/C16H20Cl2N4O3/c17-13-3-1-4-14(18)12(13)11-20-21-16(24)15(23)19-5-2-6-22-7-9-25-10-8-22/h1,3-4,11H,2,5-10H2,(H,19,23)(H,21,24)/b20-11-. The third-order valence-electron chi connectivity index (χ3n) is 3.61. The summed E-state index contributed by atoms with van der Waals surface area (Å²) in [6.07, 6.45) is 2.06. The van der Waals surface area contributed by atoms with Gasteiger partial charge in [-0.1, -0.05) is 29.3 Å². The molecule has 0 bridgehead atoms. The molecule has 0 saturated carbocycles. The Morgan fingerprint density at radius 3 is 2.56 bits per heavy atom. The summed E-state index contributed by atoms with van der Waals surface area (Å²) in [5.74, 6) is -1.57. The summed E-state index contributed by atoms with van der Waals surface area (Å²) in [7, 11) is 0. The molecule has 25 heavy (non-hydrogen) atoms. The molecule has 0 aliphatic carbocycles. The number of morpholine rings is 1. The van der Waals surface area contributed by atoms with Crippen LogP contribution in [0.2, 0.25) is 10.0 Å². The van der Waals surface area contributed by atoms with Crippen molar-refractivity contribution in [1.82, 2.24) is 15.6 Å². The van der Waals surface area contributed by atoms with E-state index in [0.29, 0.717) is 22.2 Å². The van der Waals surface area contributed by atoms with Crippen molar-refractivity contribution >= 4 is 41.2 Å². The molecule has 0 atom stereocenters. The smallest absolute Gasteiger partial charge is 0.329 e. The van der Waals surface area contributed by atoms with E-state index >= 15 is 0 Å². The molecular formula is C16H20Cl2N4O3. The Morgan fingerprint density at radius 1 is 1.20 bits per heavy atom. The zero-order chi connectivity index (χ0) is 18.1. The van der Waals surface area contributed by atoms with Gasteiger partial charge < -0.3 is 10.1 Å². The van der Waals surface area contributed by atoms with Crippen molar-refractivity contribution in [3.63, 3.8) is 0 Å². The summed E-state index contributed by atoms with van der Waals surface area (Å²) in [5, 5.41) is 7.07. The van der Waals surface area contributed by atoms with E-state index in [9.17, 15) is 9.59 Å². The van der Waals surface area contributed by atoms with Crippen molar-refractivity contribution in [3.05, 3.63) is 33.8 Å². The van der Waals surface area contributed by atoms with Gasteiger partial charge in [0, 0.05) is 25.2 Å². The van der Waals surface area contributed by atoms with Crippen LogP contribution in [0.5, 0.6) is 0 Å². The highest BCUT2D eigenvalue weighted by Crippen LogP contribution is 2.21. The van der Waals surface area contributed by atoms with E-state index in [1.54, 1.807) is 18.2 Å². The van der Waals surface area contributed by atoms with Crippen LogP contribution in [0.1, 0.15) is 12.0 Å². The zero-order valence-electron chi connectivity index (χ0n) is 13.6. The highest BCUT2D eigenvalue weighted by atomic mass is 35.5. The second-order valence-corrected chi connectivity index (χ2v) is 6.21. The molecule has 1 fully saturated rings. The van der Waals surface area contributed by atoms with Crippen molar-refractivity contribution in [3.8, 4) is 0 Å². The first-order valence-corrected chi connectivity index (χ1v) is 8.69. The predicted molar refractivity (Wildman–Crippen MR) is 97.1 cm³/mol. The lowest BCUT2D eigenvalue weighted by molar-refractivity contribution is -0.139. The first-order chi connectivity index (χ1) is 12.1. The summed E-state index contributed by atoms with van der Waals surface area (Å²) in [5.41, 5.74) is 2.62. The quantitative estimate of drug-likeness (QED) is 0.334. The number of carbonyl (C=O) groups excluding carboxylic acids is 2. The number of amides is 2. The van der Waals surface area contributed by atoms with E-state index in [2.05, 4.69) is 20.7 Å². The largest absolute Gasteiger partial charge is 0.379 e. The molecule has 2 amide bonds. The van der Waals surface area contributed by atoms with Crippen LogP contribution in [0.25, 0.3) is 0 Å². The number of hydrogen-bond donors (Lipinski definition) is 2. The average Bonchev–Trinajstić information content (AvgIpc) is 2.61. The van der Waals surface area contributed by atoms with Gasteiger partial charge in [-0.3, -0.25) is 14.5 Å². The van der Waals surface area contributed by atoms with Crippen LogP contribution >= 0.6 is 23.2 Å². The number of hydrogen-bond acceptors (Lipinski definition) is 5. The van der Waals surface area contributed by atoms with Crippen LogP contribution in [0.4, 0.5) is 0 Å². The fraction of sp³-hybridized carbons (Fsp3) is 0.438. The third-order valence-corrected chi connectivity index (χ3v) is 4.27. The highest BCUT2D eigenvalue weighted by molar-refractivity contribution is 6.38. The minimum absolute atomic E-state index is 0.401. The van der Waals surface area contributed by atoms with Gasteiger partial charge in [0.25, 0.3) is 0 Å². The van der Waals surface area contributed by atoms with Gasteiger partial charge in [0.15, 0.2) is 0 Å². The number of nitrogens with one attached hydrogen (secondary N) is 2. The minimum atomic E-state index is -0.842. The first-order valence-electron chi connectivity index (χ1n) is 7.93. The van der Waals surface area contributed by atoms with Crippen molar-refractivity contribution in [1.29, 1.82) is 0 Å². The summed E-state index contributed by atoms with van der Waals surface area (Å²) in [6.45, 7) is 4.55. The third kappa shape index (κ3) is 6.62. The summed E-state index contributed by atoms with van der Waals surface area (Å²) >= 11 is 12.0. The van der Waals surface area contributed by atoms with E-state index in [0.717, 1.165) is 39.3 Å². The molecule has 1 heterocycles. The van der Waals surface area contributed by atoms with Crippen molar-refractivity contribution in [2.75, 3.05) is 39.4 Å². The number of nitrogens with zero attached hydrogens (tertiary/aromatic N) is 2. The Hall–Kier alpha value is -1.67. The maximum Gasteiger partial charge on any atom is 0.329 e. The Morgan fingerprint density at radius 2 is 1.88 bits per heavy atom. The fourth-order valence-electron chi connectivity index (χ4n) is 2.25. The van der Waals surface area contributed by atoms with Crippen molar-refractivity contribution < 1.29 is 14.3 Å². The summed E-state index contributed by atoms with van der Waals surface area (Å²) in [6, 6.07) is 5.00. The van der Waals surface area contributed by atoms with Crippen molar-refractivity contribution in [2.24, 2.45) is 5.10 Å². The SMILES string of the molecule is O=C(NCCCN1CCOCC1)C(=O)N/N=C\c1c(Cl)cccc1Cl. The fourth-order valence-corrected chi connectivity index (χ4v) is 2.74. The summed E-state index contributed by atoms with van der Waals surface area (Å²) < 4.78 is 5.27. The van der Waals surface area contributed by atoms with Crippen molar-refractivity contribution in [2.45, 2.75) is 6.42 Å². The van der Waals surface area contributed by atoms with Gasteiger partial charge >= 0.3 is 11.8 Å². The first kappa shape index (κ1) is 19.7. The van der Waals surface area contributed by atoms with Gasteiger partial charge in [-0.15, -0.1) is 0 Å². The number of carbonyl (C=O) groups is 2. The Kier molecular flexibility index (Phi) is 8.14. The molecule has 136 valence electrons. The molecule has 0 spiro atoms. The molecular weight excluding hydrogens is 367 g/mol. The maximum absolute atomic E-state index is 11.7. The molecule has 7 nitrogen and oxygen atoms in total. The topological polar surface area (TPSA) is 83.0 Å². The maximum atomic E-state index is 11.7. The van der Waals surface area contributed by atoms with Gasteiger partial charge in [0.05, 0.1) is 29.5 Å². The number of benzene rings is 1. The second-order valence-electron chi connectivity index (χ2n) is 5.40. The Bertz CT molecular complexity index is 614.